The fraction of sp³-hybridized carbons (Fsp3) is 0.250. The Bertz CT molecular complexity index is 1070. The van der Waals surface area contributed by atoms with Gasteiger partial charge in [0.15, 0.2) is 4.80 Å². The van der Waals surface area contributed by atoms with Crippen LogP contribution in [0, 0.1) is 5.82 Å². The Hall–Kier alpha value is -3.00. The first-order chi connectivity index (χ1) is 13.5. The second-order valence-corrected chi connectivity index (χ2v) is 6.90. The zero-order chi connectivity index (χ0) is 20.1. The van der Waals surface area contributed by atoms with E-state index in [4.69, 9.17) is 9.47 Å². The molecule has 0 spiro atoms. The van der Waals surface area contributed by atoms with Gasteiger partial charge in [-0.25, -0.2) is 4.39 Å². The van der Waals surface area contributed by atoms with Crippen molar-refractivity contribution in [1.82, 2.24) is 4.57 Å². The minimum absolute atomic E-state index is 0.0835. The third-order valence-electron chi connectivity index (χ3n) is 3.98. The van der Waals surface area contributed by atoms with Crippen molar-refractivity contribution in [3.63, 3.8) is 0 Å². The van der Waals surface area contributed by atoms with Gasteiger partial charge in [0, 0.05) is 0 Å². The molecule has 2 aromatic carbocycles. The number of para-hydroxylation sites is 1. The first-order valence-corrected chi connectivity index (χ1v) is 9.47. The number of methoxy groups -OCH3 is 1. The summed E-state index contributed by atoms with van der Waals surface area (Å²) in [6.07, 6.45) is 0.0835. The minimum atomic E-state index is -0.519. The number of hydrogen-bond donors (Lipinski definition) is 0. The monoisotopic (exact) mass is 402 g/mol. The maximum Gasteiger partial charge on any atom is 0.326 e. The zero-order valence-corrected chi connectivity index (χ0v) is 16.3. The van der Waals surface area contributed by atoms with Crippen molar-refractivity contribution in [2.45, 2.75) is 19.9 Å². The highest BCUT2D eigenvalue weighted by molar-refractivity contribution is 7.16. The molecule has 28 heavy (non-hydrogen) atoms. The van der Waals surface area contributed by atoms with Crippen molar-refractivity contribution in [2.75, 3.05) is 13.7 Å². The number of esters is 1. The lowest BCUT2D eigenvalue weighted by Crippen LogP contribution is -2.23. The Morgan fingerprint density at radius 1 is 1.18 bits per heavy atom. The van der Waals surface area contributed by atoms with E-state index >= 15 is 0 Å². The number of halogens is 1. The molecule has 0 aliphatic carbocycles. The average molecular weight is 402 g/mol. The van der Waals surface area contributed by atoms with Gasteiger partial charge in [0.05, 0.1) is 30.4 Å². The zero-order valence-electron chi connectivity index (χ0n) is 15.5. The second kappa shape index (κ2) is 8.79. The predicted octanol–water partition coefficient (Wildman–Crippen LogP) is 3.08. The highest BCUT2D eigenvalue weighted by atomic mass is 32.1. The molecule has 1 heterocycles. The van der Waals surface area contributed by atoms with E-state index in [1.807, 2.05) is 0 Å². The summed E-state index contributed by atoms with van der Waals surface area (Å²) in [6, 6.07) is 11.7. The van der Waals surface area contributed by atoms with Crippen LogP contribution < -0.4 is 9.54 Å². The van der Waals surface area contributed by atoms with Gasteiger partial charge >= 0.3 is 5.97 Å². The van der Waals surface area contributed by atoms with Gasteiger partial charge in [0.2, 0.25) is 0 Å². The quantitative estimate of drug-likeness (QED) is 0.594. The number of rotatable bonds is 6. The van der Waals surface area contributed by atoms with E-state index in [1.165, 1.54) is 10.6 Å². The smallest absolute Gasteiger partial charge is 0.326 e. The molecule has 0 saturated heterocycles. The van der Waals surface area contributed by atoms with E-state index in [0.29, 0.717) is 10.4 Å². The summed E-state index contributed by atoms with van der Waals surface area (Å²) in [5.41, 5.74) is 1.01. The first-order valence-electron chi connectivity index (χ1n) is 8.65. The Morgan fingerprint density at radius 2 is 1.93 bits per heavy atom. The maximum absolute atomic E-state index is 14.3. The number of amides is 1. The summed E-state index contributed by atoms with van der Waals surface area (Å²) < 4.78 is 26.4. The molecule has 3 aromatic rings. The van der Waals surface area contributed by atoms with Gasteiger partial charge in [-0.15, -0.1) is 0 Å². The summed E-state index contributed by atoms with van der Waals surface area (Å²) in [6.45, 7) is 1.69. The summed E-state index contributed by atoms with van der Waals surface area (Å²) in [7, 11) is 1.57. The molecule has 0 N–H and O–H groups in total. The van der Waals surface area contributed by atoms with Crippen LogP contribution in [0.5, 0.6) is 5.75 Å². The fourth-order valence-electron chi connectivity index (χ4n) is 2.72. The third kappa shape index (κ3) is 4.45. The van der Waals surface area contributed by atoms with Crippen LogP contribution in [0.4, 0.5) is 4.39 Å². The SMILES string of the molecule is CCOC(=O)Cn1c(=NC(=O)Cc2ccc(OC)cc2)sc2cccc(F)c21. The van der Waals surface area contributed by atoms with Crippen LogP contribution in [-0.4, -0.2) is 30.2 Å². The number of benzene rings is 2. The highest BCUT2D eigenvalue weighted by Gasteiger charge is 2.15. The first kappa shape index (κ1) is 19.8. The Morgan fingerprint density at radius 3 is 2.61 bits per heavy atom. The van der Waals surface area contributed by atoms with Gasteiger partial charge in [0.1, 0.15) is 18.1 Å². The van der Waals surface area contributed by atoms with E-state index in [2.05, 4.69) is 4.99 Å². The molecule has 0 atom stereocenters. The van der Waals surface area contributed by atoms with Gasteiger partial charge in [0.25, 0.3) is 5.91 Å². The number of ether oxygens (including phenoxy) is 2. The molecule has 3 rings (SSSR count). The molecule has 0 aliphatic rings. The second-order valence-electron chi connectivity index (χ2n) is 5.89. The molecule has 146 valence electrons. The number of fused-ring (bicyclic) bond motifs is 1. The van der Waals surface area contributed by atoms with Crippen molar-refractivity contribution >= 4 is 33.4 Å². The molecule has 0 bridgehead atoms. The predicted molar refractivity (Wildman–Crippen MR) is 104 cm³/mol. The molecule has 0 radical (unpaired) electrons. The lowest BCUT2D eigenvalue weighted by Gasteiger charge is -2.05. The fourth-order valence-corrected chi connectivity index (χ4v) is 3.78. The number of carbonyl (C=O) groups is 2. The lowest BCUT2D eigenvalue weighted by atomic mass is 10.1. The average Bonchev–Trinajstić information content (AvgIpc) is 3.00. The molecule has 8 heteroatoms. The van der Waals surface area contributed by atoms with Crippen LogP contribution in [0.25, 0.3) is 10.2 Å². The number of thiazole rings is 1. The topological polar surface area (TPSA) is 69.9 Å². The van der Waals surface area contributed by atoms with Gasteiger partial charge in [-0.2, -0.15) is 4.99 Å². The van der Waals surface area contributed by atoms with Crippen LogP contribution in [0.15, 0.2) is 47.5 Å². The minimum Gasteiger partial charge on any atom is -0.497 e. The molecular weight excluding hydrogens is 383 g/mol. The Labute approximate surface area is 164 Å². The summed E-state index contributed by atoms with van der Waals surface area (Å²) >= 11 is 1.15. The van der Waals surface area contributed by atoms with Crippen molar-refractivity contribution in [2.24, 2.45) is 4.99 Å². The van der Waals surface area contributed by atoms with Crippen molar-refractivity contribution < 1.29 is 23.5 Å². The van der Waals surface area contributed by atoms with Crippen molar-refractivity contribution in [3.8, 4) is 5.75 Å². The molecule has 6 nitrogen and oxygen atoms in total. The normalized spacial score (nSPS) is 11.6. The van der Waals surface area contributed by atoms with Crippen molar-refractivity contribution in [3.05, 3.63) is 58.6 Å². The summed E-state index contributed by atoms with van der Waals surface area (Å²) in [4.78, 5) is 28.8. The number of nitrogens with zero attached hydrogens (tertiary/aromatic N) is 2. The Balaban J connectivity index is 1.96. The molecule has 0 aliphatic heterocycles. The number of hydrogen-bond acceptors (Lipinski definition) is 5. The van der Waals surface area contributed by atoms with Gasteiger partial charge < -0.3 is 14.0 Å². The van der Waals surface area contributed by atoms with Gasteiger partial charge in [-0.1, -0.05) is 29.5 Å². The summed E-state index contributed by atoms with van der Waals surface area (Å²) in [5.74, 6) is -0.702. The highest BCUT2D eigenvalue weighted by Crippen LogP contribution is 2.20. The summed E-state index contributed by atoms with van der Waals surface area (Å²) in [5, 5.41) is 0. The third-order valence-corrected chi connectivity index (χ3v) is 5.02. The van der Waals surface area contributed by atoms with E-state index in [-0.39, 0.29) is 29.9 Å². The van der Waals surface area contributed by atoms with Crippen LogP contribution in [-0.2, 0) is 27.3 Å². The van der Waals surface area contributed by atoms with Crippen LogP contribution >= 0.6 is 11.3 Å². The van der Waals surface area contributed by atoms with E-state index in [1.54, 1.807) is 50.4 Å². The van der Waals surface area contributed by atoms with E-state index in [9.17, 15) is 14.0 Å². The van der Waals surface area contributed by atoms with E-state index in [0.717, 1.165) is 16.9 Å². The van der Waals surface area contributed by atoms with Crippen LogP contribution in [0.3, 0.4) is 0 Å². The van der Waals surface area contributed by atoms with Gasteiger partial charge in [-0.05, 0) is 36.8 Å². The lowest BCUT2D eigenvalue weighted by molar-refractivity contribution is -0.143. The number of carbonyl (C=O) groups excluding carboxylic acids is 2. The van der Waals surface area contributed by atoms with E-state index < -0.39 is 17.7 Å². The van der Waals surface area contributed by atoms with Crippen LogP contribution in [0.1, 0.15) is 12.5 Å². The Kier molecular flexibility index (Phi) is 6.20. The van der Waals surface area contributed by atoms with Crippen molar-refractivity contribution in [1.29, 1.82) is 0 Å². The largest absolute Gasteiger partial charge is 0.497 e. The number of aromatic nitrogens is 1. The van der Waals surface area contributed by atoms with Gasteiger partial charge in [-0.3, -0.25) is 9.59 Å². The molecule has 0 fully saturated rings. The molecule has 1 amide bonds. The molecule has 0 saturated carbocycles. The molecule has 0 unspecified atom stereocenters. The molecule has 1 aromatic heterocycles. The maximum atomic E-state index is 14.3. The standard InChI is InChI=1S/C20H19FN2O4S/c1-3-27-18(25)12-23-19-15(21)5-4-6-16(19)28-20(23)22-17(24)11-13-7-9-14(26-2)10-8-13/h4-10H,3,11-12H2,1-2H3. The van der Waals surface area contributed by atoms with Crippen LogP contribution in [0.2, 0.25) is 0 Å². The molecular formula is C20H19FN2O4S.